The number of hydrogen-bond donors (Lipinski definition) is 0. The maximum atomic E-state index is 14.9. The van der Waals surface area contributed by atoms with Gasteiger partial charge in [-0.1, -0.05) is 41.5 Å². The maximum Gasteiger partial charge on any atom is 0.532 e. The predicted molar refractivity (Wildman–Crippen MR) is 108 cm³/mol. The van der Waals surface area contributed by atoms with Gasteiger partial charge in [0, 0.05) is 0 Å². The van der Waals surface area contributed by atoms with E-state index in [2.05, 4.69) is 27.7 Å². The van der Waals surface area contributed by atoms with Crippen molar-refractivity contribution >= 4 is 28.5 Å². The zero-order valence-electron chi connectivity index (χ0n) is 15.9. The molecule has 3 nitrogen and oxygen atoms in total. The van der Waals surface area contributed by atoms with Gasteiger partial charge in [0.05, 0.1) is 0 Å². The fraction of sp³-hybridized carbons (Fsp3) is 1.00. The molecule has 0 atom stereocenters. The Labute approximate surface area is 147 Å². The first-order valence-corrected chi connectivity index (χ1v) is 14.6. The van der Waals surface area contributed by atoms with Crippen LogP contribution < -0.4 is 0 Å². The molecular formula is C16H38FO3PS2. The Kier molecular flexibility index (Phi) is 11.8. The van der Waals surface area contributed by atoms with Gasteiger partial charge in [0.2, 0.25) is 0 Å². The summed E-state index contributed by atoms with van der Waals surface area (Å²) in [5.74, 6) is 4.66. The average molecular weight is 393 g/mol. The first-order chi connectivity index (χ1) is 10.8. The van der Waals surface area contributed by atoms with Crippen molar-refractivity contribution in [3.63, 3.8) is 0 Å². The molecular weight excluding hydrogens is 354 g/mol. The molecule has 0 aliphatic carbocycles. The van der Waals surface area contributed by atoms with Crippen LogP contribution in [-0.4, -0.2) is 34.5 Å². The Hall–Kier alpha value is 0.780. The second kappa shape index (κ2) is 11.4. The molecule has 0 amide bonds. The van der Waals surface area contributed by atoms with E-state index in [9.17, 15) is 8.76 Å². The van der Waals surface area contributed by atoms with Crippen LogP contribution in [0.4, 0.5) is 4.20 Å². The Morgan fingerprint density at radius 1 is 0.696 bits per heavy atom. The van der Waals surface area contributed by atoms with Crippen molar-refractivity contribution in [2.24, 2.45) is 0 Å². The summed E-state index contributed by atoms with van der Waals surface area (Å²) in [7, 11) is -7.82. The lowest BCUT2D eigenvalue weighted by atomic mass is 10.6. The molecule has 144 valence electrons. The SMILES string of the molecule is CCCS(CC)(CCC)OP(=O)(F)OS(CC)(CCC)CCC. The summed E-state index contributed by atoms with van der Waals surface area (Å²) in [5, 5.41) is 0. The molecule has 0 aromatic rings. The Balaban J connectivity index is 5.29. The quantitative estimate of drug-likeness (QED) is 0.293. The molecule has 0 saturated heterocycles. The van der Waals surface area contributed by atoms with Crippen LogP contribution in [0.15, 0.2) is 0 Å². The largest absolute Gasteiger partial charge is 0.532 e. The summed E-state index contributed by atoms with van der Waals surface area (Å²) >= 11 is 0. The molecule has 23 heavy (non-hydrogen) atoms. The highest BCUT2D eigenvalue weighted by molar-refractivity contribution is 8.33. The van der Waals surface area contributed by atoms with Gasteiger partial charge in [-0.25, -0.2) is 12.5 Å². The second-order valence-corrected chi connectivity index (χ2v) is 14.6. The summed E-state index contributed by atoms with van der Waals surface area (Å²) in [6.07, 6.45) is 3.66. The normalized spacial score (nSPS) is 14.9. The van der Waals surface area contributed by atoms with Crippen molar-refractivity contribution in [1.29, 1.82) is 0 Å². The maximum absolute atomic E-state index is 14.9. The van der Waals surface area contributed by atoms with Gasteiger partial charge < -0.3 is 0 Å². The van der Waals surface area contributed by atoms with E-state index in [0.717, 1.165) is 60.2 Å². The molecule has 0 rings (SSSR count). The molecule has 0 saturated carbocycles. The number of halogens is 1. The predicted octanol–water partition coefficient (Wildman–Crippen LogP) is 7.22. The molecule has 0 bridgehead atoms. The Bertz CT molecular complexity index is 327. The molecule has 0 N–H and O–H groups in total. The molecule has 0 aliphatic rings. The fourth-order valence-corrected chi connectivity index (χ4v) is 12.8. The molecule has 0 spiro atoms. The molecule has 0 aliphatic heterocycles. The Morgan fingerprint density at radius 2 is 0.957 bits per heavy atom. The smallest absolute Gasteiger partial charge is 0.233 e. The highest BCUT2D eigenvalue weighted by Crippen LogP contribution is 2.72. The highest BCUT2D eigenvalue weighted by atomic mass is 32.3. The van der Waals surface area contributed by atoms with E-state index in [0.29, 0.717) is 0 Å². The third-order valence-corrected chi connectivity index (χ3v) is 14.5. The molecule has 7 heteroatoms. The second-order valence-electron chi connectivity index (χ2n) is 5.91. The summed E-state index contributed by atoms with van der Waals surface area (Å²) in [6.45, 7) is 12.3. The van der Waals surface area contributed by atoms with Crippen LogP contribution in [0.2, 0.25) is 0 Å². The van der Waals surface area contributed by atoms with Gasteiger partial charge >= 0.3 is 7.91 Å². The van der Waals surface area contributed by atoms with Gasteiger partial charge in [-0.05, 0) is 60.2 Å². The van der Waals surface area contributed by atoms with Gasteiger partial charge in [-0.3, -0.25) is 0 Å². The average Bonchev–Trinajstić information content (AvgIpc) is 2.47. The van der Waals surface area contributed by atoms with Crippen molar-refractivity contribution in [1.82, 2.24) is 0 Å². The Morgan fingerprint density at radius 3 is 1.13 bits per heavy atom. The van der Waals surface area contributed by atoms with Crippen molar-refractivity contribution < 1.29 is 16.7 Å². The van der Waals surface area contributed by atoms with Crippen molar-refractivity contribution in [2.75, 3.05) is 34.5 Å². The standard InChI is InChI=1S/C16H38FO3PS2/c1-7-13-22(11-5,14-8-2)19-21(17,18)20-23(12-6,15-9-3)16-10-4/h7-16H2,1-6H3. The minimum absolute atomic E-state index is 0.738. The monoisotopic (exact) mass is 392 g/mol. The van der Waals surface area contributed by atoms with E-state index in [4.69, 9.17) is 7.94 Å². The molecule has 0 fully saturated rings. The van der Waals surface area contributed by atoms with Crippen LogP contribution >= 0.6 is 28.5 Å². The minimum Gasteiger partial charge on any atom is -0.233 e. The van der Waals surface area contributed by atoms with E-state index < -0.39 is 28.5 Å². The molecule has 0 aromatic carbocycles. The number of rotatable bonds is 14. The van der Waals surface area contributed by atoms with E-state index >= 15 is 0 Å². The zero-order chi connectivity index (χ0) is 18.0. The van der Waals surface area contributed by atoms with Gasteiger partial charge in [0.1, 0.15) is 0 Å². The molecule has 0 radical (unpaired) electrons. The summed E-state index contributed by atoms with van der Waals surface area (Å²) < 4.78 is 38.8. The van der Waals surface area contributed by atoms with Crippen molar-refractivity contribution in [3.05, 3.63) is 0 Å². The topological polar surface area (TPSA) is 35.5 Å². The minimum atomic E-state index is -4.51. The van der Waals surface area contributed by atoms with Gasteiger partial charge in [-0.2, -0.15) is 0 Å². The van der Waals surface area contributed by atoms with Crippen molar-refractivity contribution in [3.8, 4) is 0 Å². The first kappa shape index (κ1) is 23.8. The van der Waals surface area contributed by atoms with Crippen LogP contribution in [0.25, 0.3) is 0 Å². The van der Waals surface area contributed by atoms with E-state index in [-0.39, 0.29) is 0 Å². The summed E-state index contributed by atoms with van der Waals surface area (Å²) in [6, 6.07) is 0. The lowest BCUT2D eigenvalue weighted by Gasteiger charge is -2.42. The fourth-order valence-electron chi connectivity index (χ4n) is 2.91. The third-order valence-electron chi connectivity index (χ3n) is 3.85. The van der Waals surface area contributed by atoms with E-state index in [1.807, 2.05) is 13.8 Å². The van der Waals surface area contributed by atoms with Crippen LogP contribution in [-0.2, 0) is 12.5 Å². The van der Waals surface area contributed by atoms with Crippen LogP contribution in [0.1, 0.15) is 67.2 Å². The van der Waals surface area contributed by atoms with Crippen LogP contribution in [0.3, 0.4) is 0 Å². The summed E-state index contributed by atoms with van der Waals surface area (Å²) in [5.41, 5.74) is 0. The van der Waals surface area contributed by atoms with Gasteiger partial charge in [0.15, 0.2) is 0 Å². The molecule has 0 aromatic heterocycles. The van der Waals surface area contributed by atoms with E-state index in [1.165, 1.54) is 0 Å². The lowest BCUT2D eigenvalue weighted by molar-refractivity contribution is 0.365. The molecule has 0 unspecified atom stereocenters. The van der Waals surface area contributed by atoms with Gasteiger partial charge in [0.25, 0.3) is 0 Å². The highest BCUT2D eigenvalue weighted by Gasteiger charge is 2.40. The molecule has 0 heterocycles. The zero-order valence-corrected chi connectivity index (χ0v) is 18.5. The van der Waals surface area contributed by atoms with Crippen LogP contribution in [0, 0.1) is 0 Å². The van der Waals surface area contributed by atoms with Gasteiger partial charge in [-0.15, -0.1) is 24.8 Å². The van der Waals surface area contributed by atoms with E-state index in [1.54, 1.807) is 0 Å². The first-order valence-electron chi connectivity index (χ1n) is 9.02. The number of hydrogen-bond acceptors (Lipinski definition) is 3. The van der Waals surface area contributed by atoms with Crippen molar-refractivity contribution in [2.45, 2.75) is 67.2 Å². The third kappa shape index (κ3) is 8.13. The van der Waals surface area contributed by atoms with Crippen LogP contribution in [0.5, 0.6) is 0 Å². The summed E-state index contributed by atoms with van der Waals surface area (Å²) in [4.78, 5) is 0. The lowest BCUT2D eigenvalue weighted by Crippen LogP contribution is -2.17.